The maximum atomic E-state index is 12.3. The molecule has 0 atom stereocenters. The van der Waals surface area contributed by atoms with Gasteiger partial charge in [-0.3, -0.25) is 4.79 Å². The van der Waals surface area contributed by atoms with Crippen molar-refractivity contribution in [3.05, 3.63) is 29.8 Å². The average Bonchev–Trinajstić information content (AvgIpc) is 2.47. The second kappa shape index (κ2) is 6.01. The van der Waals surface area contributed by atoms with Crippen molar-refractivity contribution < 1.29 is 9.53 Å². The highest BCUT2D eigenvalue weighted by Gasteiger charge is 2.24. The van der Waals surface area contributed by atoms with Crippen LogP contribution in [-0.4, -0.2) is 37.4 Å². The third kappa shape index (κ3) is 2.91. The van der Waals surface area contributed by atoms with E-state index in [0.717, 1.165) is 43.8 Å². The monoisotopic (exact) mass is 247 g/mol. The van der Waals surface area contributed by atoms with Crippen molar-refractivity contribution in [1.82, 2.24) is 4.90 Å². The van der Waals surface area contributed by atoms with Crippen LogP contribution >= 0.6 is 0 Å². The smallest absolute Gasteiger partial charge is 0.166 e. The first-order valence-corrected chi connectivity index (χ1v) is 6.65. The van der Waals surface area contributed by atoms with Crippen LogP contribution in [0.5, 0.6) is 5.75 Å². The van der Waals surface area contributed by atoms with Gasteiger partial charge >= 0.3 is 0 Å². The fourth-order valence-corrected chi connectivity index (χ4v) is 2.50. The molecule has 1 fully saturated rings. The van der Waals surface area contributed by atoms with Gasteiger partial charge in [0.1, 0.15) is 5.75 Å². The SMILES string of the molecule is CCN1CCC(C(=O)c2ccc(OC)cc2)CC1. The molecular weight excluding hydrogens is 226 g/mol. The molecule has 0 amide bonds. The largest absolute Gasteiger partial charge is 0.497 e. The van der Waals surface area contributed by atoms with E-state index in [1.165, 1.54) is 0 Å². The first kappa shape index (κ1) is 13.1. The molecule has 1 aliphatic rings. The fraction of sp³-hybridized carbons (Fsp3) is 0.533. The molecule has 0 aliphatic carbocycles. The second-order valence-electron chi connectivity index (χ2n) is 4.80. The van der Waals surface area contributed by atoms with E-state index in [9.17, 15) is 4.79 Å². The van der Waals surface area contributed by atoms with Crippen LogP contribution in [0.15, 0.2) is 24.3 Å². The van der Waals surface area contributed by atoms with Gasteiger partial charge in [0.15, 0.2) is 5.78 Å². The summed E-state index contributed by atoms with van der Waals surface area (Å²) in [6.07, 6.45) is 1.97. The topological polar surface area (TPSA) is 29.5 Å². The molecule has 18 heavy (non-hydrogen) atoms. The zero-order chi connectivity index (χ0) is 13.0. The van der Waals surface area contributed by atoms with Gasteiger partial charge in [0.2, 0.25) is 0 Å². The van der Waals surface area contributed by atoms with Gasteiger partial charge < -0.3 is 9.64 Å². The maximum Gasteiger partial charge on any atom is 0.166 e. The van der Waals surface area contributed by atoms with Crippen LogP contribution in [0.4, 0.5) is 0 Å². The number of hydrogen-bond donors (Lipinski definition) is 0. The molecule has 98 valence electrons. The molecule has 1 aliphatic heterocycles. The Kier molecular flexibility index (Phi) is 4.37. The van der Waals surface area contributed by atoms with Crippen LogP contribution in [0.1, 0.15) is 30.1 Å². The number of rotatable bonds is 4. The highest BCUT2D eigenvalue weighted by atomic mass is 16.5. The van der Waals surface area contributed by atoms with Crippen LogP contribution in [0.2, 0.25) is 0 Å². The Bertz CT molecular complexity index is 391. The van der Waals surface area contributed by atoms with E-state index in [-0.39, 0.29) is 11.7 Å². The summed E-state index contributed by atoms with van der Waals surface area (Å²) in [5.74, 6) is 1.28. The van der Waals surface area contributed by atoms with E-state index >= 15 is 0 Å². The number of ether oxygens (including phenoxy) is 1. The quantitative estimate of drug-likeness (QED) is 0.766. The lowest BCUT2D eigenvalue weighted by atomic mass is 9.89. The molecule has 0 radical (unpaired) electrons. The molecule has 0 N–H and O–H groups in total. The minimum absolute atomic E-state index is 0.196. The summed E-state index contributed by atoms with van der Waals surface area (Å²) in [7, 11) is 1.64. The minimum Gasteiger partial charge on any atom is -0.497 e. The zero-order valence-electron chi connectivity index (χ0n) is 11.2. The van der Waals surface area contributed by atoms with E-state index in [4.69, 9.17) is 4.74 Å². The Morgan fingerprint density at radius 3 is 2.39 bits per heavy atom. The van der Waals surface area contributed by atoms with Crippen molar-refractivity contribution in [2.24, 2.45) is 5.92 Å². The molecule has 1 aromatic carbocycles. The molecule has 1 saturated heterocycles. The summed E-state index contributed by atoms with van der Waals surface area (Å²) in [5.41, 5.74) is 0.811. The number of methoxy groups -OCH3 is 1. The number of nitrogens with zero attached hydrogens (tertiary/aromatic N) is 1. The number of piperidine rings is 1. The van der Waals surface area contributed by atoms with Crippen LogP contribution in [0.3, 0.4) is 0 Å². The number of ketones is 1. The standard InChI is InChI=1S/C15H21NO2/c1-3-16-10-8-13(9-11-16)15(17)12-4-6-14(18-2)7-5-12/h4-7,13H,3,8-11H2,1-2H3. The van der Waals surface area contributed by atoms with E-state index in [0.29, 0.717) is 0 Å². The van der Waals surface area contributed by atoms with E-state index in [2.05, 4.69) is 11.8 Å². The Hall–Kier alpha value is -1.35. The number of carbonyl (C=O) groups is 1. The van der Waals surface area contributed by atoms with Crippen molar-refractivity contribution in [1.29, 1.82) is 0 Å². The Morgan fingerprint density at radius 2 is 1.89 bits per heavy atom. The van der Waals surface area contributed by atoms with Gasteiger partial charge in [0.25, 0.3) is 0 Å². The van der Waals surface area contributed by atoms with Crippen molar-refractivity contribution >= 4 is 5.78 Å². The molecule has 0 aromatic heterocycles. The van der Waals surface area contributed by atoms with Crippen LogP contribution in [0, 0.1) is 5.92 Å². The zero-order valence-corrected chi connectivity index (χ0v) is 11.2. The lowest BCUT2D eigenvalue weighted by molar-refractivity contribution is 0.0844. The molecule has 0 unspecified atom stereocenters. The summed E-state index contributed by atoms with van der Waals surface area (Å²) in [5, 5.41) is 0. The summed E-state index contributed by atoms with van der Waals surface area (Å²) < 4.78 is 5.11. The maximum absolute atomic E-state index is 12.3. The Balaban J connectivity index is 1.98. The fourth-order valence-electron chi connectivity index (χ4n) is 2.50. The van der Waals surface area contributed by atoms with Crippen LogP contribution in [0.25, 0.3) is 0 Å². The van der Waals surface area contributed by atoms with Gasteiger partial charge in [-0.2, -0.15) is 0 Å². The lowest BCUT2D eigenvalue weighted by Gasteiger charge is -2.30. The summed E-state index contributed by atoms with van der Waals surface area (Å²) in [6, 6.07) is 7.45. The summed E-state index contributed by atoms with van der Waals surface area (Å²) >= 11 is 0. The van der Waals surface area contributed by atoms with Gasteiger partial charge in [0, 0.05) is 11.5 Å². The predicted octanol–water partition coefficient (Wildman–Crippen LogP) is 2.61. The van der Waals surface area contributed by atoms with Gasteiger partial charge in [-0.15, -0.1) is 0 Å². The summed E-state index contributed by atoms with van der Waals surface area (Å²) in [6.45, 7) is 5.35. The normalized spacial score (nSPS) is 17.7. The van der Waals surface area contributed by atoms with E-state index in [1.807, 2.05) is 24.3 Å². The van der Waals surface area contributed by atoms with Crippen molar-refractivity contribution in [3.8, 4) is 5.75 Å². The number of likely N-dealkylation sites (tertiary alicyclic amines) is 1. The van der Waals surface area contributed by atoms with Gasteiger partial charge in [-0.1, -0.05) is 6.92 Å². The van der Waals surface area contributed by atoms with Gasteiger partial charge in [0.05, 0.1) is 7.11 Å². The highest BCUT2D eigenvalue weighted by molar-refractivity contribution is 5.98. The minimum atomic E-state index is 0.196. The molecule has 3 nitrogen and oxygen atoms in total. The van der Waals surface area contributed by atoms with Gasteiger partial charge in [-0.25, -0.2) is 0 Å². The van der Waals surface area contributed by atoms with Crippen LogP contribution < -0.4 is 4.74 Å². The average molecular weight is 247 g/mol. The van der Waals surface area contributed by atoms with Crippen molar-refractivity contribution in [3.63, 3.8) is 0 Å². The number of hydrogen-bond acceptors (Lipinski definition) is 3. The summed E-state index contributed by atoms with van der Waals surface area (Å²) in [4.78, 5) is 14.7. The number of Topliss-reactive ketones (excluding diaryl/α,β-unsaturated/α-hetero) is 1. The first-order valence-electron chi connectivity index (χ1n) is 6.65. The molecule has 0 spiro atoms. The van der Waals surface area contributed by atoms with Gasteiger partial charge in [-0.05, 0) is 56.7 Å². The lowest BCUT2D eigenvalue weighted by Crippen LogP contribution is -2.36. The molecule has 1 aromatic rings. The third-order valence-electron chi connectivity index (χ3n) is 3.78. The molecule has 1 heterocycles. The first-order chi connectivity index (χ1) is 8.74. The second-order valence-corrected chi connectivity index (χ2v) is 4.80. The molecule has 2 rings (SSSR count). The number of benzene rings is 1. The molecule has 0 bridgehead atoms. The number of carbonyl (C=O) groups excluding carboxylic acids is 1. The van der Waals surface area contributed by atoms with E-state index < -0.39 is 0 Å². The molecule has 3 heteroatoms. The Morgan fingerprint density at radius 1 is 1.28 bits per heavy atom. The van der Waals surface area contributed by atoms with Crippen molar-refractivity contribution in [2.45, 2.75) is 19.8 Å². The highest BCUT2D eigenvalue weighted by Crippen LogP contribution is 2.22. The molecular formula is C15H21NO2. The predicted molar refractivity (Wildman–Crippen MR) is 72.2 cm³/mol. The van der Waals surface area contributed by atoms with Crippen LogP contribution in [-0.2, 0) is 0 Å². The molecule has 0 saturated carbocycles. The van der Waals surface area contributed by atoms with Crippen molar-refractivity contribution in [2.75, 3.05) is 26.7 Å². The Labute approximate surface area is 109 Å². The third-order valence-corrected chi connectivity index (χ3v) is 3.78. The van der Waals surface area contributed by atoms with E-state index in [1.54, 1.807) is 7.11 Å².